The first-order valence-corrected chi connectivity index (χ1v) is 7.56. The van der Waals surface area contributed by atoms with Crippen LogP contribution in [0.4, 0.5) is 0 Å². The van der Waals surface area contributed by atoms with Crippen LogP contribution in [-0.2, 0) is 0 Å². The Morgan fingerprint density at radius 2 is 2.47 bits per heavy atom. The third-order valence-corrected chi connectivity index (χ3v) is 4.52. The molecule has 0 aliphatic heterocycles. The van der Waals surface area contributed by atoms with Gasteiger partial charge in [0.1, 0.15) is 5.01 Å². The van der Waals surface area contributed by atoms with Crippen LogP contribution in [0.15, 0.2) is 11.6 Å². The molecule has 1 fully saturated rings. The van der Waals surface area contributed by atoms with E-state index < -0.39 is 0 Å². The van der Waals surface area contributed by atoms with Crippen LogP contribution in [-0.4, -0.2) is 17.6 Å². The molecule has 3 unspecified atom stereocenters. The molecule has 0 spiro atoms. The van der Waals surface area contributed by atoms with Crippen molar-refractivity contribution in [1.29, 1.82) is 0 Å². The number of thiazole rings is 1. The third kappa shape index (κ3) is 3.76. The first-order valence-electron chi connectivity index (χ1n) is 6.68. The van der Waals surface area contributed by atoms with Gasteiger partial charge in [-0.3, -0.25) is 0 Å². The summed E-state index contributed by atoms with van der Waals surface area (Å²) in [5.41, 5.74) is 6.02. The Morgan fingerprint density at radius 1 is 1.59 bits per heavy atom. The van der Waals surface area contributed by atoms with Gasteiger partial charge in [0, 0.05) is 17.6 Å². The lowest BCUT2D eigenvalue weighted by Crippen LogP contribution is -2.34. The van der Waals surface area contributed by atoms with Gasteiger partial charge in [-0.15, -0.1) is 11.3 Å². The van der Waals surface area contributed by atoms with E-state index in [1.807, 2.05) is 6.20 Å². The molecule has 0 bridgehead atoms. The average Bonchev–Trinajstić information content (AvgIpc) is 2.84. The maximum atomic E-state index is 6.02. The maximum absolute atomic E-state index is 6.02. The van der Waals surface area contributed by atoms with Crippen molar-refractivity contribution in [1.82, 2.24) is 10.3 Å². The molecule has 1 saturated carbocycles. The Bertz CT molecular complexity index is 312. The third-order valence-electron chi connectivity index (χ3n) is 3.63. The Labute approximate surface area is 108 Å². The molecule has 0 aromatic carbocycles. The van der Waals surface area contributed by atoms with E-state index in [1.54, 1.807) is 11.3 Å². The van der Waals surface area contributed by atoms with Gasteiger partial charge in [-0.25, -0.2) is 4.98 Å². The molecule has 4 heteroatoms. The molecule has 3 nitrogen and oxygen atoms in total. The second-order valence-electron chi connectivity index (χ2n) is 5.03. The van der Waals surface area contributed by atoms with Crippen LogP contribution in [0.5, 0.6) is 0 Å². The summed E-state index contributed by atoms with van der Waals surface area (Å²) in [4.78, 5) is 4.40. The minimum Gasteiger partial charge on any atom is -0.328 e. The van der Waals surface area contributed by atoms with Gasteiger partial charge in [0.15, 0.2) is 0 Å². The second kappa shape index (κ2) is 6.47. The molecule has 0 amide bonds. The maximum Gasteiger partial charge on any atom is 0.109 e. The van der Waals surface area contributed by atoms with Gasteiger partial charge in [0.2, 0.25) is 0 Å². The standard InChI is InChI=1S/C13H23N3S/c1-2-12(13-15-6-7-17-13)16-9-10-4-3-5-11(14)8-10/h6-7,10-12,16H,2-5,8-9,14H2,1H3. The van der Waals surface area contributed by atoms with E-state index in [0.717, 1.165) is 18.9 Å². The number of aromatic nitrogens is 1. The Balaban J connectivity index is 1.80. The lowest BCUT2D eigenvalue weighted by atomic mass is 9.86. The summed E-state index contributed by atoms with van der Waals surface area (Å²) in [7, 11) is 0. The first kappa shape index (κ1) is 13.0. The molecule has 1 aliphatic carbocycles. The van der Waals surface area contributed by atoms with Gasteiger partial charge >= 0.3 is 0 Å². The average molecular weight is 253 g/mol. The first-order chi connectivity index (χ1) is 8.29. The van der Waals surface area contributed by atoms with E-state index in [2.05, 4.69) is 22.6 Å². The van der Waals surface area contributed by atoms with Gasteiger partial charge < -0.3 is 11.1 Å². The largest absolute Gasteiger partial charge is 0.328 e. The Morgan fingerprint density at radius 3 is 3.12 bits per heavy atom. The fraction of sp³-hybridized carbons (Fsp3) is 0.769. The molecule has 2 rings (SSSR count). The van der Waals surface area contributed by atoms with Crippen molar-refractivity contribution in [3.8, 4) is 0 Å². The van der Waals surface area contributed by atoms with Crippen LogP contribution in [0.25, 0.3) is 0 Å². The minimum atomic E-state index is 0.424. The number of nitrogens with zero attached hydrogens (tertiary/aromatic N) is 1. The molecule has 1 aliphatic rings. The fourth-order valence-corrected chi connectivity index (χ4v) is 3.44. The van der Waals surface area contributed by atoms with Crippen LogP contribution in [0, 0.1) is 5.92 Å². The second-order valence-corrected chi connectivity index (χ2v) is 5.96. The van der Waals surface area contributed by atoms with E-state index in [-0.39, 0.29) is 0 Å². The zero-order valence-corrected chi connectivity index (χ0v) is 11.4. The van der Waals surface area contributed by atoms with Crippen molar-refractivity contribution in [3.05, 3.63) is 16.6 Å². The van der Waals surface area contributed by atoms with Crippen LogP contribution in [0.1, 0.15) is 50.1 Å². The highest BCUT2D eigenvalue weighted by atomic mass is 32.1. The van der Waals surface area contributed by atoms with E-state index in [9.17, 15) is 0 Å². The SMILES string of the molecule is CCC(NCC1CCCC(N)C1)c1nccs1. The van der Waals surface area contributed by atoms with Crippen LogP contribution in [0.3, 0.4) is 0 Å². The number of hydrogen-bond acceptors (Lipinski definition) is 4. The molecule has 1 aromatic rings. The molecule has 3 N–H and O–H groups in total. The van der Waals surface area contributed by atoms with Gasteiger partial charge in [-0.2, -0.15) is 0 Å². The summed E-state index contributed by atoms with van der Waals surface area (Å²) >= 11 is 1.74. The molecule has 1 aromatic heterocycles. The summed E-state index contributed by atoms with van der Waals surface area (Å²) in [6.45, 7) is 3.30. The summed E-state index contributed by atoms with van der Waals surface area (Å²) in [5, 5.41) is 6.92. The molecule has 96 valence electrons. The fourth-order valence-electron chi connectivity index (χ4n) is 2.64. The van der Waals surface area contributed by atoms with Crippen LogP contribution in [0.2, 0.25) is 0 Å². The molecular formula is C13H23N3S. The van der Waals surface area contributed by atoms with E-state index in [0.29, 0.717) is 12.1 Å². The van der Waals surface area contributed by atoms with E-state index in [1.165, 1.54) is 30.7 Å². The predicted octanol–water partition coefficient (Wildman–Crippen LogP) is 2.70. The van der Waals surface area contributed by atoms with Gasteiger partial charge in [-0.1, -0.05) is 13.3 Å². The van der Waals surface area contributed by atoms with E-state index >= 15 is 0 Å². The van der Waals surface area contributed by atoms with Gasteiger partial charge in [0.25, 0.3) is 0 Å². The normalized spacial score (nSPS) is 26.9. The Hall–Kier alpha value is -0.450. The van der Waals surface area contributed by atoms with Crippen LogP contribution < -0.4 is 11.1 Å². The number of nitrogens with one attached hydrogen (secondary N) is 1. The van der Waals surface area contributed by atoms with Crippen LogP contribution >= 0.6 is 11.3 Å². The number of hydrogen-bond donors (Lipinski definition) is 2. The molecule has 0 radical (unpaired) electrons. The molecule has 3 atom stereocenters. The minimum absolute atomic E-state index is 0.424. The van der Waals surface area contributed by atoms with E-state index in [4.69, 9.17) is 5.73 Å². The highest BCUT2D eigenvalue weighted by Gasteiger charge is 2.20. The predicted molar refractivity (Wildman–Crippen MR) is 73.1 cm³/mol. The quantitative estimate of drug-likeness (QED) is 0.848. The topological polar surface area (TPSA) is 50.9 Å². The van der Waals surface area contributed by atoms with Gasteiger partial charge in [0.05, 0.1) is 6.04 Å². The van der Waals surface area contributed by atoms with Crippen molar-refractivity contribution >= 4 is 11.3 Å². The highest BCUT2D eigenvalue weighted by molar-refractivity contribution is 7.09. The lowest BCUT2D eigenvalue weighted by molar-refractivity contribution is 0.299. The lowest BCUT2D eigenvalue weighted by Gasteiger charge is -2.28. The molecule has 17 heavy (non-hydrogen) atoms. The van der Waals surface area contributed by atoms with Crippen molar-refractivity contribution in [3.63, 3.8) is 0 Å². The summed E-state index contributed by atoms with van der Waals surface area (Å²) in [5.74, 6) is 0.757. The highest BCUT2D eigenvalue weighted by Crippen LogP contribution is 2.24. The molecule has 0 saturated heterocycles. The number of rotatable bonds is 5. The van der Waals surface area contributed by atoms with Crippen molar-refractivity contribution in [2.75, 3.05) is 6.54 Å². The Kier molecular flexibility index (Phi) is 4.95. The summed E-state index contributed by atoms with van der Waals surface area (Å²) in [6, 6.07) is 0.851. The van der Waals surface area contributed by atoms with Crippen molar-refractivity contribution < 1.29 is 0 Å². The molecular weight excluding hydrogens is 230 g/mol. The summed E-state index contributed by atoms with van der Waals surface area (Å²) in [6.07, 6.45) is 8.01. The molecule has 1 heterocycles. The van der Waals surface area contributed by atoms with Gasteiger partial charge in [-0.05, 0) is 38.1 Å². The van der Waals surface area contributed by atoms with Crippen molar-refractivity contribution in [2.24, 2.45) is 11.7 Å². The summed E-state index contributed by atoms with van der Waals surface area (Å²) < 4.78 is 0. The zero-order chi connectivity index (χ0) is 12.1. The smallest absolute Gasteiger partial charge is 0.109 e. The van der Waals surface area contributed by atoms with Crippen molar-refractivity contribution in [2.45, 2.75) is 51.1 Å². The zero-order valence-electron chi connectivity index (χ0n) is 10.6. The number of nitrogens with two attached hydrogens (primary N) is 1. The monoisotopic (exact) mass is 253 g/mol.